The van der Waals surface area contributed by atoms with Crippen molar-refractivity contribution in [2.24, 2.45) is 7.05 Å². The number of piperidine rings is 2. The van der Waals surface area contributed by atoms with E-state index in [-0.39, 0.29) is 36.6 Å². The monoisotopic (exact) mass is 907 g/mol. The van der Waals surface area contributed by atoms with Crippen LogP contribution in [0.25, 0.3) is 11.1 Å². The van der Waals surface area contributed by atoms with Crippen LogP contribution in [0.4, 0.5) is 10.5 Å². The highest BCUT2D eigenvalue weighted by Gasteiger charge is 2.45. The second-order valence-electron chi connectivity index (χ2n) is 18.4. The minimum atomic E-state index is -0.976. The molecule has 1 atom stereocenters. The molecule has 0 saturated carbocycles. The van der Waals surface area contributed by atoms with Crippen molar-refractivity contribution in [3.05, 3.63) is 74.7 Å². The van der Waals surface area contributed by atoms with E-state index in [1.165, 1.54) is 0 Å². The normalized spacial score (nSPS) is 21.5. The van der Waals surface area contributed by atoms with Crippen LogP contribution in [-0.4, -0.2) is 170 Å². The van der Waals surface area contributed by atoms with Crippen molar-refractivity contribution in [3.8, 4) is 22.6 Å². The van der Waals surface area contributed by atoms with E-state index in [0.717, 1.165) is 136 Å². The van der Waals surface area contributed by atoms with Crippen LogP contribution in [-0.2, 0) is 40.9 Å². The smallest absolute Gasteiger partial charge is 0.317 e. The van der Waals surface area contributed by atoms with Crippen molar-refractivity contribution in [3.63, 3.8) is 0 Å². The topological polar surface area (TPSA) is 179 Å². The van der Waals surface area contributed by atoms with Crippen molar-refractivity contribution in [1.29, 1.82) is 0 Å². The second-order valence-corrected chi connectivity index (χ2v) is 18.4. The minimum Gasteiger partial charge on any atom is -0.496 e. The maximum atomic E-state index is 13.4. The molecule has 9 rings (SSSR count). The highest BCUT2D eigenvalue weighted by atomic mass is 16.5. The molecule has 6 aliphatic rings. The lowest BCUT2D eigenvalue weighted by Crippen LogP contribution is -2.57. The van der Waals surface area contributed by atoms with Gasteiger partial charge in [0.15, 0.2) is 0 Å². The Morgan fingerprint density at radius 1 is 0.818 bits per heavy atom. The Labute approximate surface area is 384 Å². The van der Waals surface area contributed by atoms with Crippen LogP contribution in [0, 0.1) is 0 Å². The number of fused-ring (bicyclic) bond motifs is 2. The summed E-state index contributed by atoms with van der Waals surface area (Å²) in [5.74, 6) is -0.511. The van der Waals surface area contributed by atoms with Crippen LogP contribution in [0.15, 0.2) is 41.3 Å². The van der Waals surface area contributed by atoms with Gasteiger partial charge >= 0.3 is 6.03 Å². The number of nitrogens with one attached hydrogen (secondary N) is 2. The number of carbonyl (C=O) groups excluding carboxylic acids is 5. The summed E-state index contributed by atoms with van der Waals surface area (Å²) < 4.78 is 20.2. The number of aromatic nitrogens is 1. The molecule has 2 aromatic carbocycles. The Bertz CT molecular complexity index is 2450. The van der Waals surface area contributed by atoms with Crippen LogP contribution in [0.5, 0.6) is 11.5 Å². The fraction of sp³-hybridized carbons (Fsp3) is 0.542. The highest BCUT2D eigenvalue weighted by Crippen LogP contribution is 2.40. The molecule has 66 heavy (non-hydrogen) atoms. The van der Waals surface area contributed by atoms with Crippen LogP contribution >= 0.6 is 0 Å². The van der Waals surface area contributed by atoms with Gasteiger partial charge in [-0.05, 0) is 86.7 Å². The predicted molar refractivity (Wildman–Crippen MR) is 245 cm³/mol. The third kappa shape index (κ3) is 8.78. The summed E-state index contributed by atoms with van der Waals surface area (Å²) in [4.78, 5) is 88.8. The molecule has 18 heteroatoms. The quantitative estimate of drug-likeness (QED) is 0.268. The van der Waals surface area contributed by atoms with E-state index in [0.29, 0.717) is 36.2 Å². The number of ether oxygens (including phenoxy) is 3. The van der Waals surface area contributed by atoms with Crippen LogP contribution < -0.4 is 30.6 Å². The fourth-order valence-electron chi connectivity index (χ4n) is 10.8. The van der Waals surface area contributed by atoms with Crippen molar-refractivity contribution in [1.82, 2.24) is 39.7 Å². The number of piperazine rings is 1. The molecule has 0 radical (unpaired) electrons. The predicted octanol–water partition coefficient (Wildman–Crippen LogP) is 2.05. The highest BCUT2D eigenvalue weighted by molar-refractivity contribution is 6.23. The molecular formula is C48H61N9O9. The maximum Gasteiger partial charge on any atom is 0.317 e. The summed E-state index contributed by atoms with van der Waals surface area (Å²) >= 11 is 0. The number of likely N-dealkylation sites (tertiary alicyclic amines) is 1. The standard InChI is InChI=1S/C48H61N9O9/c1-49-47(63)56-15-10-33-36(27-51(2)44(60)37(33)29-56)31-24-40(64-3)38(41(25-31)65-4)28-53-16-11-48(12-17-53)30-54(22-23-66-48)14-5-13-52-18-20-55(21-19-52)32-6-7-34-35(26-32)46(62)57(45(34)61)39-8-9-42(58)50-43(39)59/h6-7,24-27,39H,5,8-23,28-30H2,1-4H3,(H,49,63)(H,50,58,59). The molecule has 1 aromatic heterocycles. The molecule has 6 aliphatic heterocycles. The number of hydrogen-bond donors (Lipinski definition) is 2. The van der Waals surface area contributed by atoms with Gasteiger partial charge in [0.2, 0.25) is 11.8 Å². The van der Waals surface area contributed by atoms with E-state index in [1.54, 1.807) is 49.9 Å². The van der Waals surface area contributed by atoms with E-state index >= 15 is 0 Å². The number of benzene rings is 2. The average Bonchev–Trinajstić information content (AvgIpc) is 3.58. The van der Waals surface area contributed by atoms with Crippen LogP contribution in [0.3, 0.4) is 0 Å². The Morgan fingerprint density at radius 2 is 1.53 bits per heavy atom. The van der Waals surface area contributed by atoms with E-state index in [1.807, 2.05) is 24.4 Å². The van der Waals surface area contributed by atoms with Crippen LogP contribution in [0.2, 0.25) is 0 Å². The number of methoxy groups -OCH3 is 2. The number of pyridine rings is 1. The van der Waals surface area contributed by atoms with Gasteiger partial charge in [-0.2, -0.15) is 0 Å². The van der Waals surface area contributed by atoms with Crippen molar-refractivity contribution < 1.29 is 38.2 Å². The lowest BCUT2D eigenvalue weighted by atomic mass is 9.88. The molecule has 0 bridgehead atoms. The molecule has 7 heterocycles. The number of carbonyl (C=O) groups is 5. The van der Waals surface area contributed by atoms with Gasteiger partial charge in [-0.1, -0.05) is 0 Å². The van der Waals surface area contributed by atoms with Gasteiger partial charge in [0.1, 0.15) is 17.5 Å². The number of amides is 6. The van der Waals surface area contributed by atoms with Crippen molar-refractivity contribution in [2.75, 3.05) is 105 Å². The third-order valence-corrected chi connectivity index (χ3v) is 14.6. The molecule has 18 nitrogen and oxygen atoms in total. The van der Waals surface area contributed by atoms with Gasteiger partial charge in [-0.3, -0.25) is 48.9 Å². The fourth-order valence-corrected chi connectivity index (χ4v) is 10.8. The number of anilines is 1. The van der Waals surface area contributed by atoms with Gasteiger partial charge in [0.25, 0.3) is 17.4 Å². The largest absolute Gasteiger partial charge is 0.496 e. The zero-order valence-corrected chi connectivity index (χ0v) is 38.5. The Kier molecular flexibility index (Phi) is 12.9. The summed E-state index contributed by atoms with van der Waals surface area (Å²) in [5, 5.41) is 4.93. The number of nitrogens with zero attached hydrogens (tertiary/aromatic N) is 7. The Morgan fingerprint density at radius 3 is 2.23 bits per heavy atom. The van der Waals surface area contributed by atoms with Crippen LogP contribution in [0.1, 0.15) is 69.5 Å². The van der Waals surface area contributed by atoms with E-state index in [9.17, 15) is 28.8 Å². The van der Waals surface area contributed by atoms with Gasteiger partial charge in [-0.25, -0.2) is 4.79 Å². The van der Waals surface area contributed by atoms with E-state index in [4.69, 9.17) is 14.2 Å². The summed E-state index contributed by atoms with van der Waals surface area (Å²) in [6.07, 6.45) is 5.59. The Balaban J connectivity index is 0.757. The molecule has 1 spiro atoms. The third-order valence-electron chi connectivity index (χ3n) is 14.6. The van der Waals surface area contributed by atoms with Crippen molar-refractivity contribution >= 4 is 35.3 Å². The molecule has 1 unspecified atom stereocenters. The number of urea groups is 1. The summed E-state index contributed by atoms with van der Waals surface area (Å²) in [6, 6.07) is 8.25. The number of aryl methyl sites for hydroxylation is 1. The molecule has 6 amide bonds. The van der Waals surface area contributed by atoms with Gasteiger partial charge in [-0.15, -0.1) is 0 Å². The first-order valence-electron chi connectivity index (χ1n) is 23.2. The van der Waals surface area contributed by atoms with Gasteiger partial charge in [0.05, 0.1) is 49.7 Å². The van der Waals surface area contributed by atoms with E-state index < -0.39 is 29.7 Å². The number of imide groups is 2. The molecule has 2 N–H and O–H groups in total. The molecule has 4 fully saturated rings. The van der Waals surface area contributed by atoms with Gasteiger partial charge in [0, 0.05) is 109 Å². The second kappa shape index (κ2) is 18.8. The Hall–Kier alpha value is -5.82. The zero-order chi connectivity index (χ0) is 46.3. The molecule has 0 aliphatic carbocycles. The lowest BCUT2D eigenvalue weighted by molar-refractivity contribution is -0.137. The minimum absolute atomic E-state index is 0.0904. The summed E-state index contributed by atoms with van der Waals surface area (Å²) in [6.45, 7) is 11.2. The molecule has 4 saturated heterocycles. The maximum absolute atomic E-state index is 13.4. The number of rotatable bonds is 11. The number of hydrogen-bond acceptors (Lipinski definition) is 13. The SMILES string of the molecule is CNC(=O)N1CCc2c(-c3cc(OC)c(CN4CCC5(CC4)CN(CCCN4CCN(c6ccc7c(c6)C(=O)N(C6CCC(=O)NC6=O)C7=O)CC4)CCO5)c(OC)c3)cn(C)c(=O)c2C1. The van der Waals surface area contributed by atoms with Gasteiger partial charge < -0.3 is 33.9 Å². The number of morpholine rings is 1. The molecule has 3 aromatic rings. The first-order valence-corrected chi connectivity index (χ1v) is 23.2. The zero-order valence-electron chi connectivity index (χ0n) is 38.5. The lowest BCUT2D eigenvalue weighted by Gasteiger charge is -2.47. The first kappa shape index (κ1) is 45.3. The average molecular weight is 908 g/mol. The summed E-state index contributed by atoms with van der Waals surface area (Å²) in [5.41, 5.74) is 5.62. The summed E-state index contributed by atoms with van der Waals surface area (Å²) in [7, 11) is 6.71. The molecule has 352 valence electrons. The molecular weight excluding hydrogens is 847 g/mol. The first-order chi connectivity index (χ1) is 31.9. The van der Waals surface area contributed by atoms with Crippen molar-refractivity contribution in [2.45, 2.75) is 63.3 Å². The van der Waals surface area contributed by atoms with E-state index in [2.05, 4.69) is 30.2 Å².